The van der Waals surface area contributed by atoms with Crippen molar-refractivity contribution in [1.29, 1.82) is 0 Å². The quantitative estimate of drug-likeness (QED) is 0.440. The summed E-state index contributed by atoms with van der Waals surface area (Å²) in [6.45, 7) is 1.98. The monoisotopic (exact) mass is 188 g/mol. The molecule has 0 aromatic heterocycles. The highest BCUT2D eigenvalue weighted by atomic mass is 32.1. The van der Waals surface area contributed by atoms with Gasteiger partial charge in [0.2, 0.25) is 0 Å². The Bertz CT molecular complexity index is 208. The maximum atomic E-state index is 11.1. The lowest BCUT2D eigenvalue weighted by Gasteiger charge is -2.29. The third-order valence-electron chi connectivity index (χ3n) is 1.76. The Morgan fingerprint density at radius 1 is 1.67 bits per heavy atom. The van der Waals surface area contributed by atoms with Crippen LogP contribution in [0.3, 0.4) is 0 Å². The molecule has 2 atom stereocenters. The van der Waals surface area contributed by atoms with Crippen LogP contribution in [-0.2, 0) is 9.53 Å². The van der Waals surface area contributed by atoms with E-state index in [4.69, 9.17) is 12.2 Å². The molecule has 1 fully saturated rings. The Kier molecular flexibility index (Phi) is 2.86. The smallest absolute Gasteiger partial charge is 0.328 e. The third kappa shape index (κ3) is 2.07. The Balaban J connectivity index is 2.55. The van der Waals surface area contributed by atoms with Gasteiger partial charge >= 0.3 is 5.97 Å². The molecule has 12 heavy (non-hydrogen) atoms. The Hall–Kier alpha value is -0.840. The average Bonchev–Trinajstić information content (AvgIpc) is 2.01. The zero-order valence-electron chi connectivity index (χ0n) is 7.09. The molecule has 0 spiro atoms. The highest BCUT2D eigenvalue weighted by Gasteiger charge is 2.26. The number of hydrogen-bond donors (Lipinski definition) is 2. The van der Waals surface area contributed by atoms with Crippen LogP contribution in [-0.4, -0.2) is 30.3 Å². The summed E-state index contributed by atoms with van der Waals surface area (Å²) < 4.78 is 4.60. The Morgan fingerprint density at radius 3 is 2.83 bits per heavy atom. The first-order valence-electron chi connectivity index (χ1n) is 3.78. The largest absolute Gasteiger partial charge is 0.467 e. The first-order chi connectivity index (χ1) is 5.63. The van der Waals surface area contributed by atoms with Crippen LogP contribution in [0.2, 0.25) is 0 Å². The molecule has 0 saturated carbocycles. The van der Waals surface area contributed by atoms with Gasteiger partial charge in [-0.05, 0) is 25.6 Å². The van der Waals surface area contributed by atoms with Gasteiger partial charge in [0.15, 0.2) is 5.11 Å². The molecule has 0 bridgehead atoms. The fourth-order valence-electron chi connectivity index (χ4n) is 1.19. The molecular weight excluding hydrogens is 176 g/mol. The summed E-state index contributed by atoms with van der Waals surface area (Å²) in [5.41, 5.74) is 0. The highest BCUT2D eigenvalue weighted by Crippen LogP contribution is 2.04. The minimum Gasteiger partial charge on any atom is -0.467 e. The lowest BCUT2D eigenvalue weighted by atomic mass is 10.1. The zero-order valence-corrected chi connectivity index (χ0v) is 7.90. The van der Waals surface area contributed by atoms with E-state index in [1.54, 1.807) is 0 Å². The van der Waals surface area contributed by atoms with Gasteiger partial charge in [-0.2, -0.15) is 0 Å². The Labute approximate surface area is 76.7 Å². The number of rotatable bonds is 1. The van der Waals surface area contributed by atoms with Gasteiger partial charge < -0.3 is 15.4 Å². The van der Waals surface area contributed by atoms with E-state index in [0.717, 1.165) is 0 Å². The van der Waals surface area contributed by atoms with Crippen LogP contribution in [0.1, 0.15) is 13.3 Å². The minimum absolute atomic E-state index is 0.225. The van der Waals surface area contributed by atoms with Crippen molar-refractivity contribution in [2.24, 2.45) is 0 Å². The summed E-state index contributed by atoms with van der Waals surface area (Å²) in [6, 6.07) is -0.0680. The van der Waals surface area contributed by atoms with E-state index in [9.17, 15) is 4.79 Å². The number of ether oxygens (including phenoxy) is 1. The van der Waals surface area contributed by atoms with Crippen LogP contribution >= 0.6 is 12.2 Å². The molecule has 0 radical (unpaired) electrons. The standard InChI is InChI=1S/C7H12N2O2S/c1-4-3-5(6(10)11-2)9-7(12)8-4/h4-5H,3H2,1-2H3,(H2,8,9,12)/t4-,5-/m0/s1. The number of nitrogens with one attached hydrogen (secondary N) is 2. The van der Waals surface area contributed by atoms with Crippen LogP contribution in [0.5, 0.6) is 0 Å². The maximum Gasteiger partial charge on any atom is 0.328 e. The molecule has 1 saturated heterocycles. The summed E-state index contributed by atoms with van der Waals surface area (Å²) in [6.07, 6.45) is 0.701. The van der Waals surface area contributed by atoms with Gasteiger partial charge in [0.1, 0.15) is 6.04 Å². The van der Waals surface area contributed by atoms with Crippen LogP contribution in [0.15, 0.2) is 0 Å². The van der Waals surface area contributed by atoms with Crippen molar-refractivity contribution >= 4 is 23.3 Å². The lowest BCUT2D eigenvalue weighted by Crippen LogP contribution is -2.56. The van der Waals surface area contributed by atoms with E-state index in [1.165, 1.54) is 7.11 Å². The van der Waals surface area contributed by atoms with Crippen LogP contribution in [0.4, 0.5) is 0 Å². The van der Waals surface area contributed by atoms with E-state index < -0.39 is 0 Å². The molecule has 0 aromatic rings. The van der Waals surface area contributed by atoms with E-state index in [-0.39, 0.29) is 18.1 Å². The summed E-state index contributed by atoms with van der Waals surface area (Å²) in [7, 11) is 1.37. The molecule has 5 heteroatoms. The first-order valence-corrected chi connectivity index (χ1v) is 4.19. The summed E-state index contributed by atoms with van der Waals surface area (Å²) in [5, 5.41) is 6.36. The van der Waals surface area contributed by atoms with Crippen molar-refractivity contribution in [2.45, 2.75) is 25.4 Å². The predicted molar refractivity (Wildman–Crippen MR) is 48.8 cm³/mol. The minimum atomic E-state index is -0.293. The van der Waals surface area contributed by atoms with Gasteiger partial charge in [-0.15, -0.1) is 0 Å². The number of carbonyl (C=O) groups excluding carboxylic acids is 1. The molecule has 4 nitrogen and oxygen atoms in total. The second-order valence-corrected chi connectivity index (χ2v) is 3.24. The van der Waals surface area contributed by atoms with Crippen LogP contribution in [0, 0.1) is 0 Å². The second kappa shape index (κ2) is 3.71. The zero-order chi connectivity index (χ0) is 9.14. The van der Waals surface area contributed by atoms with Gasteiger partial charge in [-0.1, -0.05) is 0 Å². The van der Waals surface area contributed by atoms with E-state index in [1.807, 2.05) is 6.92 Å². The number of thiocarbonyl (C=S) groups is 1. The molecular formula is C7H12N2O2S. The molecule has 1 aliphatic rings. The second-order valence-electron chi connectivity index (χ2n) is 2.83. The van der Waals surface area contributed by atoms with Crippen molar-refractivity contribution in [3.8, 4) is 0 Å². The van der Waals surface area contributed by atoms with Gasteiger partial charge in [-0.25, -0.2) is 4.79 Å². The number of carbonyl (C=O) groups is 1. The van der Waals surface area contributed by atoms with E-state index >= 15 is 0 Å². The number of esters is 1. The molecule has 68 valence electrons. The highest BCUT2D eigenvalue weighted by molar-refractivity contribution is 7.80. The predicted octanol–water partition coefficient (Wildman–Crippen LogP) is -0.216. The molecule has 1 heterocycles. The topological polar surface area (TPSA) is 50.4 Å². The molecule has 2 N–H and O–H groups in total. The van der Waals surface area contributed by atoms with Gasteiger partial charge in [0.25, 0.3) is 0 Å². The number of methoxy groups -OCH3 is 1. The molecule has 0 amide bonds. The molecule has 1 aliphatic heterocycles. The summed E-state index contributed by atoms with van der Waals surface area (Å²) in [5.74, 6) is -0.259. The Morgan fingerprint density at radius 2 is 2.33 bits per heavy atom. The molecule has 0 aliphatic carbocycles. The van der Waals surface area contributed by atoms with Crippen molar-refractivity contribution in [1.82, 2.24) is 10.6 Å². The fourth-order valence-corrected chi connectivity index (χ4v) is 1.54. The molecule has 1 rings (SSSR count). The van der Waals surface area contributed by atoms with Crippen molar-refractivity contribution < 1.29 is 9.53 Å². The van der Waals surface area contributed by atoms with Crippen LogP contribution < -0.4 is 10.6 Å². The molecule has 0 unspecified atom stereocenters. The lowest BCUT2D eigenvalue weighted by molar-refractivity contribution is -0.143. The van der Waals surface area contributed by atoms with Crippen molar-refractivity contribution in [3.63, 3.8) is 0 Å². The fraction of sp³-hybridized carbons (Fsp3) is 0.714. The normalized spacial score (nSPS) is 28.7. The SMILES string of the molecule is COC(=O)[C@@H]1C[C@H](C)NC(=S)N1. The van der Waals surface area contributed by atoms with E-state index in [2.05, 4.69) is 15.4 Å². The summed E-state index contributed by atoms with van der Waals surface area (Å²) in [4.78, 5) is 11.1. The first kappa shape index (κ1) is 9.25. The van der Waals surface area contributed by atoms with Crippen molar-refractivity contribution in [2.75, 3.05) is 7.11 Å². The van der Waals surface area contributed by atoms with Crippen LogP contribution in [0.25, 0.3) is 0 Å². The van der Waals surface area contributed by atoms with Gasteiger partial charge in [0.05, 0.1) is 7.11 Å². The maximum absolute atomic E-state index is 11.1. The van der Waals surface area contributed by atoms with Gasteiger partial charge in [0, 0.05) is 6.04 Å². The van der Waals surface area contributed by atoms with Gasteiger partial charge in [-0.3, -0.25) is 0 Å². The average molecular weight is 188 g/mol. The molecule has 0 aromatic carbocycles. The van der Waals surface area contributed by atoms with Crippen molar-refractivity contribution in [3.05, 3.63) is 0 Å². The van der Waals surface area contributed by atoms with E-state index in [0.29, 0.717) is 11.5 Å². The third-order valence-corrected chi connectivity index (χ3v) is 1.99. The summed E-state index contributed by atoms with van der Waals surface area (Å²) >= 11 is 4.90. The number of hydrogen-bond acceptors (Lipinski definition) is 3.